The minimum Gasteiger partial charge on any atom is -0.459 e. The van der Waals surface area contributed by atoms with Crippen molar-refractivity contribution in [2.75, 3.05) is 19.4 Å². The Kier molecular flexibility index (Phi) is 5.50. The summed E-state index contributed by atoms with van der Waals surface area (Å²) in [6.07, 6.45) is 0. The molecule has 0 saturated carbocycles. The van der Waals surface area contributed by atoms with Gasteiger partial charge in [-0.1, -0.05) is 24.3 Å². The smallest absolute Gasteiger partial charge is 0.242 e. The molecule has 1 heterocycles. The summed E-state index contributed by atoms with van der Waals surface area (Å²) < 4.78 is 31.5. The molecule has 1 aromatic heterocycles. The van der Waals surface area contributed by atoms with Crippen LogP contribution < -0.4 is 10.6 Å². The number of fused-ring (bicyclic) bond motifs is 1. The van der Waals surface area contributed by atoms with Crippen molar-refractivity contribution in [3.05, 3.63) is 60.4 Å². The number of thiocarbonyl (C=S) groups is 1. The van der Waals surface area contributed by atoms with Gasteiger partial charge in [-0.05, 0) is 49.5 Å². The van der Waals surface area contributed by atoms with Crippen molar-refractivity contribution in [1.29, 1.82) is 0 Å². The fourth-order valence-corrected chi connectivity index (χ4v) is 3.84. The molecule has 3 aromatic rings. The van der Waals surface area contributed by atoms with Crippen molar-refractivity contribution in [1.82, 2.24) is 9.62 Å². The van der Waals surface area contributed by atoms with Gasteiger partial charge in [0.2, 0.25) is 10.0 Å². The fraction of sp³-hybridized carbons (Fsp3) is 0.211. The second-order valence-electron chi connectivity index (χ2n) is 6.32. The summed E-state index contributed by atoms with van der Waals surface area (Å²) >= 11 is 5.36. The van der Waals surface area contributed by atoms with Crippen LogP contribution in [0.15, 0.2) is 63.9 Å². The van der Waals surface area contributed by atoms with Crippen molar-refractivity contribution < 1.29 is 12.8 Å². The molecule has 3 rings (SSSR count). The summed E-state index contributed by atoms with van der Waals surface area (Å²) in [5, 5.41) is 7.58. The van der Waals surface area contributed by atoms with Crippen LogP contribution in [0.5, 0.6) is 0 Å². The lowest BCUT2D eigenvalue weighted by molar-refractivity contribution is 0.493. The molecule has 0 aliphatic carbocycles. The number of para-hydroxylation sites is 1. The van der Waals surface area contributed by atoms with Crippen molar-refractivity contribution >= 4 is 44.0 Å². The van der Waals surface area contributed by atoms with Crippen LogP contribution in [0.3, 0.4) is 0 Å². The van der Waals surface area contributed by atoms with E-state index in [1.165, 1.54) is 18.4 Å². The van der Waals surface area contributed by atoms with Gasteiger partial charge >= 0.3 is 0 Å². The van der Waals surface area contributed by atoms with Gasteiger partial charge in [-0.3, -0.25) is 0 Å². The lowest BCUT2D eigenvalue weighted by atomic mass is 10.2. The minimum atomic E-state index is -3.50. The van der Waals surface area contributed by atoms with E-state index in [1.54, 1.807) is 24.3 Å². The van der Waals surface area contributed by atoms with Gasteiger partial charge in [0.05, 0.1) is 10.9 Å². The zero-order valence-corrected chi connectivity index (χ0v) is 16.9. The minimum absolute atomic E-state index is 0.147. The Bertz CT molecular complexity index is 1040. The quantitative estimate of drug-likeness (QED) is 0.633. The van der Waals surface area contributed by atoms with Crippen LogP contribution in [0.25, 0.3) is 11.0 Å². The number of nitrogens with zero attached hydrogens (tertiary/aromatic N) is 1. The van der Waals surface area contributed by atoms with E-state index in [-0.39, 0.29) is 10.9 Å². The van der Waals surface area contributed by atoms with Crippen molar-refractivity contribution in [3.63, 3.8) is 0 Å². The maximum absolute atomic E-state index is 12.3. The van der Waals surface area contributed by atoms with Crippen LogP contribution in [0.4, 0.5) is 5.69 Å². The van der Waals surface area contributed by atoms with Crippen molar-refractivity contribution in [2.45, 2.75) is 17.9 Å². The van der Waals surface area contributed by atoms with Gasteiger partial charge in [0, 0.05) is 25.2 Å². The summed E-state index contributed by atoms with van der Waals surface area (Å²) in [6.45, 7) is 1.94. The summed E-state index contributed by atoms with van der Waals surface area (Å²) in [5.74, 6) is 0.768. The number of nitrogens with one attached hydrogen (secondary N) is 2. The molecular weight excluding hydrogens is 382 g/mol. The molecule has 2 aromatic carbocycles. The zero-order chi connectivity index (χ0) is 19.6. The summed E-state index contributed by atoms with van der Waals surface area (Å²) in [5.41, 5.74) is 1.41. The Hall–Kier alpha value is -2.42. The maximum atomic E-state index is 12.3. The molecule has 0 aliphatic rings. The predicted molar refractivity (Wildman–Crippen MR) is 111 cm³/mol. The third-order valence-corrected chi connectivity index (χ3v) is 6.12. The lowest BCUT2D eigenvalue weighted by Gasteiger charge is -2.16. The predicted octanol–water partition coefficient (Wildman–Crippen LogP) is 3.73. The summed E-state index contributed by atoms with van der Waals surface area (Å²) in [6, 6.07) is 16.1. The molecule has 142 valence electrons. The maximum Gasteiger partial charge on any atom is 0.242 e. The standard InChI is InChI=1S/C19H21N3O3S2/c1-13(18-11-14-7-4-5-10-17(14)25-18)20-19(26)21-15-8-6-9-16(12-15)27(23,24)22(2)3/h4-13H,1-3H3,(H2,20,21,26)/t13-/m0/s1. The molecule has 0 aliphatic heterocycles. The second kappa shape index (κ2) is 7.67. The zero-order valence-electron chi connectivity index (χ0n) is 15.3. The largest absolute Gasteiger partial charge is 0.459 e. The number of hydrogen-bond donors (Lipinski definition) is 2. The molecule has 0 fully saturated rings. The number of rotatable bonds is 5. The number of benzene rings is 2. The molecule has 2 N–H and O–H groups in total. The van der Waals surface area contributed by atoms with Gasteiger partial charge in [0.25, 0.3) is 0 Å². The Morgan fingerprint density at radius 2 is 1.85 bits per heavy atom. The first-order valence-electron chi connectivity index (χ1n) is 8.36. The highest BCUT2D eigenvalue weighted by Gasteiger charge is 2.18. The highest BCUT2D eigenvalue weighted by molar-refractivity contribution is 7.89. The average Bonchev–Trinajstić information content (AvgIpc) is 3.06. The first kappa shape index (κ1) is 19.3. The van der Waals surface area contributed by atoms with Gasteiger partial charge in [-0.15, -0.1) is 0 Å². The van der Waals surface area contributed by atoms with E-state index in [4.69, 9.17) is 16.6 Å². The van der Waals surface area contributed by atoms with Crippen molar-refractivity contribution in [3.8, 4) is 0 Å². The number of furan rings is 1. The third-order valence-electron chi connectivity index (χ3n) is 4.09. The summed E-state index contributed by atoms with van der Waals surface area (Å²) in [7, 11) is -0.508. The van der Waals surface area contributed by atoms with Crippen LogP contribution in [0.2, 0.25) is 0 Å². The van der Waals surface area contributed by atoms with Gasteiger partial charge in [0.15, 0.2) is 5.11 Å². The molecule has 0 radical (unpaired) electrons. The highest BCUT2D eigenvalue weighted by Crippen LogP contribution is 2.24. The Labute approximate surface area is 164 Å². The normalized spacial score (nSPS) is 12.9. The van der Waals surface area contributed by atoms with Crippen LogP contribution in [0.1, 0.15) is 18.7 Å². The molecule has 0 spiro atoms. The first-order chi connectivity index (χ1) is 12.8. The van der Waals surface area contributed by atoms with Crippen LogP contribution >= 0.6 is 12.2 Å². The van der Waals surface area contributed by atoms with Crippen LogP contribution in [-0.2, 0) is 10.0 Å². The van der Waals surface area contributed by atoms with E-state index in [9.17, 15) is 8.42 Å². The molecule has 1 atom stereocenters. The molecule has 27 heavy (non-hydrogen) atoms. The van der Waals surface area contributed by atoms with E-state index >= 15 is 0 Å². The van der Waals surface area contributed by atoms with E-state index in [1.807, 2.05) is 37.3 Å². The number of anilines is 1. The number of hydrogen-bond acceptors (Lipinski definition) is 4. The summed E-state index contributed by atoms with van der Waals surface area (Å²) in [4.78, 5) is 0.200. The molecule has 6 nitrogen and oxygen atoms in total. The first-order valence-corrected chi connectivity index (χ1v) is 10.2. The van der Waals surface area contributed by atoms with Gasteiger partial charge in [-0.25, -0.2) is 12.7 Å². The SMILES string of the molecule is C[C@H](NC(=S)Nc1cccc(S(=O)(=O)N(C)C)c1)c1cc2ccccc2o1. The molecule has 0 amide bonds. The Morgan fingerprint density at radius 3 is 2.56 bits per heavy atom. The second-order valence-corrected chi connectivity index (χ2v) is 8.88. The van der Waals surface area contributed by atoms with E-state index in [0.717, 1.165) is 16.7 Å². The van der Waals surface area contributed by atoms with E-state index in [2.05, 4.69) is 10.6 Å². The molecule has 0 bridgehead atoms. The van der Waals surface area contributed by atoms with Gasteiger partial charge in [0.1, 0.15) is 11.3 Å². The van der Waals surface area contributed by atoms with Gasteiger partial charge in [-0.2, -0.15) is 0 Å². The van der Waals surface area contributed by atoms with Crippen LogP contribution in [-0.4, -0.2) is 31.9 Å². The average molecular weight is 404 g/mol. The molecule has 0 saturated heterocycles. The monoisotopic (exact) mass is 403 g/mol. The van der Waals surface area contributed by atoms with E-state index in [0.29, 0.717) is 10.8 Å². The van der Waals surface area contributed by atoms with Crippen LogP contribution in [0, 0.1) is 0 Å². The Balaban J connectivity index is 1.70. The topological polar surface area (TPSA) is 74.6 Å². The molecule has 8 heteroatoms. The van der Waals surface area contributed by atoms with E-state index < -0.39 is 10.0 Å². The van der Waals surface area contributed by atoms with Crippen molar-refractivity contribution in [2.24, 2.45) is 0 Å². The van der Waals surface area contributed by atoms with Gasteiger partial charge < -0.3 is 15.1 Å². The fourth-order valence-electron chi connectivity index (χ4n) is 2.60. The molecular formula is C19H21N3O3S2. The number of sulfonamides is 1. The molecule has 0 unspecified atom stereocenters. The highest BCUT2D eigenvalue weighted by atomic mass is 32.2. The Morgan fingerprint density at radius 1 is 1.11 bits per heavy atom. The lowest BCUT2D eigenvalue weighted by Crippen LogP contribution is -2.30. The third kappa shape index (κ3) is 4.29.